The van der Waals surface area contributed by atoms with Crippen LogP contribution in [0.5, 0.6) is 0 Å². The quantitative estimate of drug-likeness (QED) is 0.741. The summed E-state index contributed by atoms with van der Waals surface area (Å²) < 4.78 is 0. The fourth-order valence-electron chi connectivity index (χ4n) is 1.47. The summed E-state index contributed by atoms with van der Waals surface area (Å²) >= 11 is 0. The van der Waals surface area contributed by atoms with Gasteiger partial charge in [-0.25, -0.2) is 0 Å². The van der Waals surface area contributed by atoms with Crippen molar-refractivity contribution in [2.45, 2.75) is 19.3 Å². The van der Waals surface area contributed by atoms with Crippen molar-refractivity contribution in [1.29, 1.82) is 0 Å². The maximum atomic E-state index is 10.6. The molecule has 1 unspecified atom stereocenters. The predicted octanol–water partition coefficient (Wildman–Crippen LogP) is 1.69. The maximum absolute atomic E-state index is 10.6. The minimum atomic E-state index is 0.000880. The van der Waals surface area contributed by atoms with E-state index in [1.165, 1.54) is 5.56 Å². The van der Waals surface area contributed by atoms with Crippen LogP contribution in [0.4, 0.5) is 0 Å². The van der Waals surface area contributed by atoms with E-state index in [0.29, 0.717) is 6.54 Å². The average molecular weight is 190 g/mol. The summed E-state index contributed by atoms with van der Waals surface area (Å²) in [5.74, 6) is 0.000880. The van der Waals surface area contributed by atoms with Crippen LogP contribution in [0.2, 0.25) is 0 Å². The Balaban J connectivity index is 2.44. The average Bonchev–Trinajstić information content (AvgIpc) is 2.25. The largest absolute Gasteiger partial charge is 0.330 e. The highest BCUT2D eigenvalue weighted by atomic mass is 16.1. The number of hydrogen-bond acceptors (Lipinski definition) is 2. The van der Waals surface area contributed by atoms with Crippen molar-refractivity contribution in [3.05, 3.63) is 35.9 Å². The van der Waals surface area contributed by atoms with Gasteiger partial charge in [-0.3, -0.25) is 4.79 Å². The zero-order valence-corrected chi connectivity index (χ0v) is 8.28. The van der Waals surface area contributed by atoms with E-state index in [1.54, 1.807) is 0 Å². The normalized spacial score (nSPS) is 12.4. The Morgan fingerprint density at radius 2 is 2.00 bits per heavy atom. The van der Waals surface area contributed by atoms with Crippen molar-refractivity contribution in [1.82, 2.24) is 0 Å². The summed E-state index contributed by atoms with van der Waals surface area (Å²) in [6.45, 7) is 0.646. The van der Waals surface area contributed by atoms with E-state index in [2.05, 4.69) is 6.29 Å². The van der Waals surface area contributed by atoms with E-state index in [4.69, 9.17) is 5.73 Å². The lowest BCUT2D eigenvalue weighted by Crippen LogP contribution is -2.09. The van der Waals surface area contributed by atoms with Crippen molar-refractivity contribution in [3.63, 3.8) is 0 Å². The Labute approximate surface area is 85.1 Å². The van der Waals surface area contributed by atoms with Gasteiger partial charge >= 0.3 is 0 Å². The zero-order chi connectivity index (χ0) is 10.2. The smallest absolute Gasteiger partial charge is 0.202 e. The fraction of sp³-hybridized carbons (Fsp3) is 0.417. The van der Waals surface area contributed by atoms with Crippen LogP contribution in [-0.4, -0.2) is 12.8 Å². The molecule has 0 aromatic heterocycles. The molecule has 0 fully saturated rings. The molecule has 0 bridgehead atoms. The minimum absolute atomic E-state index is 0.000880. The molecule has 75 valence electrons. The second-order valence-electron chi connectivity index (χ2n) is 3.44. The molecule has 1 aromatic carbocycles. The number of hydrogen-bond donors (Lipinski definition) is 1. The third-order valence-corrected chi connectivity index (χ3v) is 2.25. The molecule has 0 saturated heterocycles. The molecule has 0 saturated carbocycles. The summed E-state index contributed by atoms with van der Waals surface area (Å²) in [7, 11) is 0. The third-order valence-electron chi connectivity index (χ3n) is 2.25. The third kappa shape index (κ3) is 3.71. The van der Waals surface area contributed by atoms with Crippen molar-refractivity contribution in [2.75, 3.05) is 6.54 Å². The highest BCUT2D eigenvalue weighted by molar-refractivity contribution is 5.55. The van der Waals surface area contributed by atoms with Crippen molar-refractivity contribution in [3.8, 4) is 0 Å². The molecule has 2 heteroatoms. The van der Waals surface area contributed by atoms with Gasteiger partial charge < -0.3 is 5.73 Å². The Morgan fingerprint density at radius 3 is 2.57 bits per heavy atom. The second-order valence-corrected chi connectivity index (χ2v) is 3.44. The molecule has 0 spiro atoms. The lowest BCUT2D eigenvalue weighted by Gasteiger charge is -2.08. The first kappa shape index (κ1) is 10.9. The van der Waals surface area contributed by atoms with Gasteiger partial charge in [0.1, 0.15) is 0 Å². The standard InChI is InChI=1S/C12H16NO/c13-8-4-7-12(10-14)9-11-5-2-1-3-6-11/h1-3,5-6,12H,4,7-9,13H2. The van der Waals surface area contributed by atoms with Gasteiger partial charge in [0.25, 0.3) is 0 Å². The van der Waals surface area contributed by atoms with E-state index in [1.807, 2.05) is 30.3 Å². The molecule has 2 nitrogen and oxygen atoms in total. The first-order valence-electron chi connectivity index (χ1n) is 4.98. The van der Waals surface area contributed by atoms with Crippen LogP contribution < -0.4 is 5.73 Å². The molecule has 0 heterocycles. The van der Waals surface area contributed by atoms with Crippen molar-refractivity contribution < 1.29 is 4.79 Å². The fourth-order valence-corrected chi connectivity index (χ4v) is 1.47. The van der Waals surface area contributed by atoms with Crippen LogP contribution in [0.15, 0.2) is 30.3 Å². The highest BCUT2D eigenvalue weighted by Crippen LogP contribution is 2.11. The van der Waals surface area contributed by atoms with Gasteiger partial charge in [-0.2, -0.15) is 0 Å². The lowest BCUT2D eigenvalue weighted by molar-refractivity contribution is 0.498. The minimum Gasteiger partial charge on any atom is -0.330 e. The van der Waals surface area contributed by atoms with Gasteiger partial charge in [-0.1, -0.05) is 30.3 Å². The van der Waals surface area contributed by atoms with Crippen LogP contribution in [0, 0.1) is 5.92 Å². The van der Waals surface area contributed by atoms with Gasteiger partial charge in [-0.15, -0.1) is 0 Å². The SMILES string of the molecule is NCCCC([C]=O)Cc1ccccc1. The molecule has 0 aliphatic rings. The van der Waals surface area contributed by atoms with Crippen LogP contribution in [0.1, 0.15) is 18.4 Å². The Kier molecular flexibility index (Phi) is 4.94. The van der Waals surface area contributed by atoms with Gasteiger partial charge in [-0.05, 0) is 31.4 Å². The number of carbonyl (C=O) groups excluding carboxylic acids is 1. The molecule has 2 N–H and O–H groups in total. The lowest BCUT2D eigenvalue weighted by atomic mass is 9.96. The summed E-state index contributed by atoms with van der Waals surface area (Å²) in [6.07, 6.45) is 4.60. The molecule has 1 rings (SSSR count). The molecule has 0 aliphatic carbocycles. The van der Waals surface area contributed by atoms with Crippen LogP contribution in [-0.2, 0) is 11.2 Å². The Bertz CT molecular complexity index is 258. The van der Waals surface area contributed by atoms with E-state index in [9.17, 15) is 4.79 Å². The second kappa shape index (κ2) is 6.33. The molecular weight excluding hydrogens is 174 g/mol. The molecule has 14 heavy (non-hydrogen) atoms. The van der Waals surface area contributed by atoms with Crippen LogP contribution in [0.3, 0.4) is 0 Å². The number of rotatable bonds is 6. The summed E-state index contributed by atoms with van der Waals surface area (Å²) in [5, 5.41) is 0. The van der Waals surface area contributed by atoms with Gasteiger partial charge in [0, 0.05) is 5.92 Å². The van der Waals surface area contributed by atoms with E-state index in [-0.39, 0.29) is 5.92 Å². The number of nitrogens with two attached hydrogens (primary N) is 1. The molecule has 1 aromatic rings. The maximum Gasteiger partial charge on any atom is 0.202 e. The first-order valence-corrected chi connectivity index (χ1v) is 4.98. The van der Waals surface area contributed by atoms with E-state index >= 15 is 0 Å². The Morgan fingerprint density at radius 1 is 1.29 bits per heavy atom. The summed E-state index contributed by atoms with van der Waals surface area (Å²) in [6, 6.07) is 10.0. The molecule has 1 atom stereocenters. The first-order chi connectivity index (χ1) is 6.86. The van der Waals surface area contributed by atoms with Gasteiger partial charge in [0.15, 0.2) is 0 Å². The topological polar surface area (TPSA) is 43.1 Å². The van der Waals surface area contributed by atoms with E-state index in [0.717, 1.165) is 19.3 Å². The zero-order valence-electron chi connectivity index (χ0n) is 8.28. The predicted molar refractivity (Wildman–Crippen MR) is 57.6 cm³/mol. The van der Waals surface area contributed by atoms with Crippen LogP contribution >= 0.6 is 0 Å². The molecule has 0 aliphatic heterocycles. The monoisotopic (exact) mass is 190 g/mol. The Hall–Kier alpha value is -1.15. The summed E-state index contributed by atoms with van der Waals surface area (Å²) in [4.78, 5) is 10.6. The van der Waals surface area contributed by atoms with E-state index < -0.39 is 0 Å². The molecule has 1 radical (unpaired) electrons. The summed E-state index contributed by atoms with van der Waals surface area (Å²) in [5.41, 5.74) is 6.59. The van der Waals surface area contributed by atoms with Crippen LogP contribution in [0.25, 0.3) is 0 Å². The van der Waals surface area contributed by atoms with Crippen molar-refractivity contribution >= 4 is 6.29 Å². The van der Waals surface area contributed by atoms with Crippen molar-refractivity contribution in [2.24, 2.45) is 11.7 Å². The molecular formula is C12H16NO. The van der Waals surface area contributed by atoms with Gasteiger partial charge in [0.2, 0.25) is 6.29 Å². The highest BCUT2D eigenvalue weighted by Gasteiger charge is 2.08. The van der Waals surface area contributed by atoms with Gasteiger partial charge in [0.05, 0.1) is 0 Å². The molecule has 0 amide bonds. The number of benzene rings is 1.